The number of pyridine rings is 1. The van der Waals surface area contributed by atoms with Crippen molar-refractivity contribution in [1.82, 2.24) is 4.98 Å². The molecule has 2 heterocycles. The smallest absolute Gasteiger partial charge is 0.237 e. The number of rotatable bonds is 2. The fourth-order valence-corrected chi connectivity index (χ4v) is 0.818. The van der Waals surface area contributed by atoms with Gasteiger partial charge in [-0.15, -0.1) is 0 Å². The largest absolute Gasteiger partial charge is 0.468 e. The number of hydrogen-bond donors (Lipinski definition) is 1. The summed E-state index contributed by atoms with van der Waals surface area (Å²) in [4.78, 5) is 3.71. The van der Waals surface area contributed by atoms with Gasteiger partial charge in [0.1, 0.15) is 6.10 Å². The molecule has 0 unspecified atom stereocenters. The average molecular weight is 169 g/mol. The van der Waals surface area contributed by atoms with Crippen molar-refractivity contribution in [2.24, 2.45) is 0 Å². The minimum atomic E-state index is -0.301. The monoisotopic (exact) mass is 169 g/mol. The van der Waals surface area contributed by atoms with E-state index in [1.807, 2.05) is 0 Å². The van der Waals surface area contributed by atoms with E-state index >= 15 is 0 Å². The van der Waals surface area contributed by atoms with Gasteiger partial charge in [0.2, 0.25) is 5.88 Å². The first-order valence-corrected chi connectivity index (χ1v) is 3.57. The van der Waals surface area contributed by atoms with Crippen molar-refractivity contribution in [1.29, 1.82) is 0 Å². The van der Waals surface area contributed by atoms with Crippen LogP contribution in [0.25, 0.3) is 0 Å². The fourth-order valence-electron chi connectivity index (χ4n) is 0.818. The van der Waals surface area contributed by atoms with Crippen LogP contribution in [0.5, 0.6) is 5.88 Å². The summed E-state index contributed by atoms with van der Waals surface area (Å²) < 4.78 is 32.3. The third kappa shape index (κ3) is 1.33. The molecule has 0 atom stereocenters. The van der Waals surface area contributed by atoms with Gasteiger partial charge in [-0.3, -0.25) is 0 Å². The molecular formula is C8H10N2O2. The number of nitrogen functional groups attached to an aromatic ring is 1. The summed E-state index contributed by atoms with van der Waals surface area (Å²) in [5.41, 5.74) is 5.56. The number of anilines is 1. The van der Waals surface area contributed by atoms with Gasteiger partial charge in [0, 0.05) is 6.17 Å². The molecule has 1 aliphatic rings. The molecule has 0 amide bonds. The summed E-state index contributed by atoms with van der Waals surface area (Å²) in [6, 6.07) is -0.505. The van der Waals surface area contributed by atoms with E-state index in [0.717, 1.165) is 0 Å². The molecule has 1 aromatic heterocycles. The summed E-state index contributed by atoms with van der Waals surface area (Å²) in [5, 5.41) is 0. The minimum absolute atomic E-state index is 0.00269. The van der Waals surface area contributed by atoms with Gasteiger partial charge in [0.25, 0.3) is 0 Å². The van der Waals surface area contributed by atoms with Crippen LogP contribution in [0, 0.1) is 0 Å². The molecule has 0 spiro atoms. The van der Waals surface area contributed by atoms with Crippen LogP contribution in [0.2, 0.25) is 0 Å². The Bertz CT molecular complexity index is 396. The van der Waals surface area contributed by atoms with Gasteiger partial charge in [-0.05, 0) is 12.1 Å². The third-order valence-corrected chi connectivity index (χ3v) is 1.53. The van der Waals surface area contributed by atoms with E-state index in [9.17, 15) is 0 Å². The predicted octanol–water partition coefficient (Wildman–Crippen LogP) is 0.441. The Kier molecular flexibility index (Phi) is 1.16. The number of ether oxygens (including phenoxy) is 2. The molecule has 0 aliphatic carbocycles. The van der Waals surface area contributed by atoms with Crippen LogP contribution in [0.15, 0.2) is 18.3 Å². The van der Waals surface area contributed by atoms with Crippen molar-refractivity contribution in [3.05, 3.63) is 18.3 Å². The molecular weight excluding hydrogens is 156 g/mol. The molecule has 1 fully saturated rings. The fraction of sp³-hybridized carbons (Fsp3) is 0.375. The van der Waals surface area contributed by atoms with Crippen molar-refractivity contribution in [2.75, 3.05) is 18.9 Å². The lowest BCUT2D eigenvalue weighted by atomic mass is 10.3. The predicted molar refractivity (Wildman–Crippen MR) is 43.9 cm³/mol. The summed E-state index contributed by atoms with van der Waals surface area (Å²) in [5.74, 6) is 0.0503. The molecule has 1 aromatic rings. The second-order valence-electron chi connectivity index (χ2n) is 2.47. The first kappa shape index (κ1) is 4.67. The Hall–Kier alpha value is -1.29. The van der Waals surface area contributed by atoms with Crippen molar-refractivity contribution in [2.45, 2.75) is 6.10 Å². The van der Waals surface area contributed by atoms with Gasteiger partial charge < -0.3 is 15.2 Å². The Morgan fingerprint density at radius 3 is 3.25 bits per heavy atom. The average Bonchev–Trinajstić information content (AvgIpc) is 2.15. The van der Waals surface area contributed by atoms with Gasteiger partial charge in [-0.2, -0.15) is 0 Å². The van der Waals surface area contributed by atoms with E-state index < -0.39 is 0 Å². The Balaban J connectivity index is 2.30. The highest BCUT2D eigenvalue weighted by molar-refractivity contribution is 5.46. The summed E-state index contributed by atoms with van der Waals surface area (Å²) in [7, 11) is 0. The molecule has 1 aliphatic heterocycles. The summed E-state index contributed by atoms with van der Waals surface area (Å²) in [6.45, 7) is 0.925. The first-order chi connectivity index (χ1) is 7.09. The molecule has 0 saturated carbocycles. The Labute approximate surface area is 74.5 Å². The van der Waals surface area contributed by atoms with Crippen molar-refractivity contribution in [3.8, 4) is 5.88 Å². The topological polar surface area (TPSA) is 57.4 Å². The zero-order chi connectivity index (χ0) is 11.0. The molecule has 0 bridgehead atoms. The van der Waals surface area contributed by atoms with Gasteiger partial charge in [0.15, 0.2) is 0 Å². The lowest BCUT2D eigenvalue weighted by Gasteiger charge is -2.26. The number of nitrogens with two attached hydrogens (primary N) is 1. The number of aromatic nitrogens is 1. The van der Waals surface area contributed by atoms with Crippen LogP contribution in [0.4, 0.5) is 5.69 Å². The highest BCUT2D eigenvalue weighted by atomic mass is 16.6. The van der Waals surface area contributed by atoms with Gasteiger partial charge >= 0.3 is 0 Å². The lowest BCUT2D eigenvalue weighted by molar-refractivity contribution is -0.0810. The summed E-state index contributed by atoms with van der Waals surface area (Å²) >= 11 is 0. The molecule has 2 N–H and O–H groups in total. The van der Waals surface area contributed by atoms with E-state index in [1.165, 1.54) is 0 Å². The standard InChI is InChI=1S/C8H10N2O2/c9-7-2-1-3-10-8(7)12-6-4-11-5-6/h1-3,6H,4-5,9H2/i1D,2D,3D. The van der Waals surface area contributed by atoms with Gasteiger partial charge in [0.05, 0.1) is 23.0 Å². The van der Waals surface area contributed by atoms with E-state index in [2.05, 4.69) is 4.98 Å². The van der Waals surface area contributed by atoms with Crippen LogP contribution in [-0.4, -0.2) is 24.3 Å². The van der Waals surface area contributed by atoms with E-state index in [0.29, 0.717) is 13.2 Å². The quantitative estimate of drug-likeness (QED) is 0.698. The molecule has 2 rings (SSSR count). The molecule has 0 aromatic carbocycles. The lowest BCUT2D eigenvalue weighted by Crippen LogP contribution is -2.38. The highest BCUT2D eigenvalue weighted by Gasteiger charge is 2.21. The van der Waals surface area contributed by atoms with Crippen LogP contribution in [0.3, 0.4) is 0 Å². The van der Waals surface area contributed by atoms with Crippen LogP contribution in [-0.2, 0) is 4.74 Å². The van der Waals surface area contributed by atoms with Crippen molar-refractivity contribution in [3.63, 3.8) is 0 Å². The van der Waals surface area contributed by atoms with E-state index in [4.69, 9.17) is 19.3 Å². The highest BCUT2D eigenvalue weighted by Crippen LogP contribution is 2.19. The molecule has 12 heavy (non-hydrogen) atoms. The third-order valence-electron chi connectivity index (χ3n) is 1.53. The Morgan fingerprint density at radius 1 is 1.75 bits per heavy atom. The zero-order valence-electron chi connectivity index (χ0n) is 9.33. The second kappa shape index (κ2) is 2.98. The maximum Gasteiger partial charge on any atom is 0.237 e. The maximum absolute atomic E-state index is 7.46. The van der Waals surface area contributed by atoms with Crippen molar-refractivity contribution < 1.29 is 13.6 Å². The molecule has 4 nitrogen and oxygen atoms in total. The number of nitrogens with zero attached hydrogens (tertiary/aromatic N) is 1. The van der Waals surface area contributed by atoms with Crippen LogP contribution in [0.1, 0.15) is 4.11 Å². The molecule has 0 radical (unpaired) electrons. The van der Waals surface area contributed by atoms with Crippen molar-refractivity contribution >= 4 is 5.69 Å². The van der Waals surface area contributed by atoms with E-state index in [1.54, 1.807) is 0 Å². The van der Waals surface area contributed by atoms with E-state index in [-0.39, 0.29) is 35.9 Å². The zero-order valence-corrected chi connectivity index (χ0v) is 6.33. The second-order valence-corrected chi connectivity index (χ2v) is 2.47. The molecule has 1 saturated heterocycles. The number of hydrogen-bond acceptors (Lipinski definition) is 4. The molecule has 4 heteroatoms. The van der Waals surface area contributed by atoms with Gasteiger partial charge in [-0.25, -0.2) is 4.98 Å². The molecule has 64 valence electrons. The Morgan fingerprint density at radius 2 is 2.58 bits per heavy atom. The van der Waals surface area contributed by atoms with Crippen LogP contribution >= 0.6 is 0 Å². The van der Waals surface area contributed by atoms with Crippen LogP contribution < -0.4 is 10.5 Å². The minimum Gasteiger partial charge on any atom is -0.468 e. The van der Waals surface area contributed by atoms with Gasteiger partial charge in [-0.1, -0.05) is 0 Å². The maximum atomic E-state index is 7.46. The SMILES string of the molecule is [2H]c1nc(OC2COC2)c(N)c([2H])c1[2H]. The normalized spacial score (nSPS) is 20.5. The first-order valence-electron chi connectivity index (χ1n) is 5.07. The summed E-state index contributed by atoms with van der Waals surface area (Å²) in [6.07, 6.45) is -0.417.